The highest BCUT2D eigenvalue weighted by molar-refractivity contribution is 6.88. The number of carbonyl (C=O) groups is 1. The molecule has 0 spiro atoms. The molecule has 0 bridgehead atoms. The van der Waals surface area contributed by atoms with Crippen molar-refractivity contribution >= 4 is 19.0 Å². The molecule has 0 radical (unpaired) electrons. The summed E-state index contributed by atoms with van der Waals surface area (Å²) in [6.45, 7) is 8.83. The van der Waals surface area contributed by atoms with E-state index < -0.39 is 8.07 Å². The summed E-state index contributed by atoms with van der Waals surface area (Å²) in [5.74, 6) is 0.229. The molecule has 0 N–H and O–H groups in total. The molecule has 0 atom stereocenters. The second kappa shape index (κ2) is 4.09. The first-order chi connectivity index (χ1) is 6.45. The van der Waals surface area contributed by atoms with Crippen LogP contribution in [0.5, 0.6) is 0 Å². The fourth-order valence-electron chi connectivity index (χ4n) is 1.36. The molecule has 0 saturated heterocycles. The van der Waals surface area contributed by atoms with Gasteiger partial charge in [-0.3, -0.25) is 4.79 Å². The number of carbonyl (C=O) groups excluding carboxylic acids is 1. The summed E-state index contributed by atoms with van der Waals surface area (Å²) >= 11 is 0. The average Bonchev–Trinajstić information content (AvgIpc) is 2.15. The predicted molar refractivity (Wildman–Crippen MR) is 64.0 cm³/mol. The molecule has 0 heterocycles. The Morgan fingerprint density at radius 1 is 1.14 bits per heavy atom. The molecule has 0 amide bonds. The summed E-state index contributed by atoms with van der Waals surface area (Å²) in [5.41, 5.74) is 0.842. The fourth-order valence-corrected chi connectivity index (χ4v) is 2.53. The molecule has 2 heteroatoms. The maximum absolute atomic E-state index is 11.4. The Morgan fingerprint density at radius 3 is 2.00 bits per heavy atom. The Hall–Kier alpha value is -0.893. The van der Waals surface area contributed by atoms with Crippen LogP contribution in [0.2, 0.25) is 19.6 Å². The Labute approximate surface area is 87.2 Å². The van der Waals surface area contributed by atoms with Crippen LogP contribution in [0.1, 0.15) is 23.7 Å². The Kier molecular flexibility index (Phi) is 3.27. The molecule has 0 aromatic heterocycles. The van der Waals surface area contributed by atoms with Crippen molar-refractivity contribution in [1.82, 2.24) is 0 Å². The van der Waals surface area contributed by atoms with E-state index in [0.717, 1.165) is 5.56 Å². The number of Topliss-reactive ketones (excluding diaryl/α,β-unsaturated/α-hetero) is 1. The van der Waals surface area contributed by atoms with Crippen molar-refractivity contribution in [3.8, 4) is 0 Å². The lowest BCUT2D eigenvalue weighted by molar-refractivity contribution is 0.0988. The highest BCUT2D eigenvalue weighted by atomic mass is 28.3. The molecule has 1 rings (SSSR count). The molecular formula is C12H18OSi. The standard InChI is InChI=1S/C12H18OSi/c1-5-12(13)10-6-8-11(9-7-10)14(2,3)4/h6-9H,5H2,1-4H3. The van der Waals surface area contributed by atoms with Gasteiger partial charge in [0.15, 0.2) is 5.78 Å². The van der Waals surface area contributed by atoms with Gasteiger partial charge < -0.3 is 0 Å². The number of ketones is 1. The van der Waals surface area contributed by atoms with E-state index in [1.165, 1.54) is 5.19 Å². The van der Waals surface area contributed by atoms with Crippen molar-refractivity contribution in [1.29, 1.82) is 0 Å². The van der Waals surface area contributed by atoms with Crippen molar-refractivity contribution in [3.63, 3.8) is 0 Å². The summed E-state index contributed by atoms with van der Waals surface area (Å²) in [6.07, 6.45) is 0.590. The molecule has 14 heavy (non-hydrogen) atoms. The molecule has 1 nitrogen and oxygen atoms in total. The van der Waals surface area contributed by atoms with Crippen LogP contribution >= 0.6 is 0 Å². The van der Waals surface area contributed by atoms with E-state index in [-0.39, 0.29) is 5.78 Å². The van der Waals surface area contributed by atoms with Crippen LogP contribution in [-0.4, -0.2) is 13.9 Å². The molecule has 76 valence electrons. The SMILES string of the molecule is CCC(=O)c1ccc([Si](C)(C)C)cc1. The van der Waals surface area contributed by atoms with Gasteiger partial charge in [-0.1, -0.05) is 56.0 Å². The summed E-state index contributed by atoms with van der Waals surface area (Å²) in [5, 5.41) is 1.41. The van der Waals surface area contributed by atoms with Gasteiger partial charge in [-0.2, -0.15) is 0 Å². The highest BCUT2D eigenvalue weighted by Crippen LogP contribution is 2.06. The van der Waals surface area contributed by atoms with Crippen molar-refractivity contribution in [2.75, 3.05) is 0 Å². The topological polar surface area (TPSA) is 17.1 Å². The van der Waals surface area contributed by atoms with Crippen LogP contribution in [0.3, 0.4) is 0 Å². The van der Waals surface area contributed by atoms with E-state index in [1.54, 1.807) is 0 Å². The van der Waals surface area contributed by atoms with Crippen molar-refractivity contribution in [2.24, 2.45) is 0 Å². The van der Waals surface area contributed by atoms with Gasteiger partial charge in [0.2, 0.25) is 0 Å². The van der Waals surface area contributed by atoms with Gasteiger partial charge in [0.1, 0.15) is 0 Å². The summed E-state index contributed by atoms with van der Waals surface area (Å²) < 4.78 is 0. The minimum Gasteiger partial charge on any atom is -0.294 e. The average molecular weight is 206 g/mol. The lowest BCUT2D eigenvalue weighted by Crippen LogP contribution is -2.37. The maximum Gasteiger partial charge on any atom is 0.162 e. The fraction of sp³-hybridized carbons (Fsp3) is 0.417. The van der Waals surface area contributed by atoms with Crippen LogP contribution < -0.4 is 5.19 Å². The summed E-state index contributed by atoms with van der Waals surface area (Å²) in [4.78, 5) is 11.4. The second-order valence-corrected chi connectivity index (χ2v) is 9.68. The quantitative estimate of drug-likeness (QED) is 0.549. The van der Waals surface area contributed by atoms with E-state index in [1.807, 2.05) is 19.1 Å². The predicted octanol–water partition coefficient (Wildman–Crippen LogP) is 2.82. The van der Waals surface area contributed by atoms with E-state index in [9.17, 15) is 4.79 Å². The summed E-state index contributed by atoms with van der Waals surface area (Å²) in [6, 6.07) is 8.13. The van der Waals surface area contributed by atoms with Crippen LogP contribution in [0.4, 0.5) is 0 Å². The molecule has 1 aromatic rings. The van der Waals surface area contributed by atoms with Gasteiger partial charge in [-0.25, -0.2) is 0 Å². The zero-order valence-electron chi connectivity index (χ0n) is 9.42. The van der Waals surface area contributed by atoms with E-state index >= 15 is 0 Å². The minimum atomic E-state index is -1.21. The number of rotatable bonds is 3. The zero-order valence-corrected chi connectivity index (χ0v) is 10.4. The van der Waals surface area contributed by atoms with Gasteiger partial charge in [0.05, 0.1) is 8.07 Å². The molecule has 1 aromatic carbocycles. The molecule has 0 unspecified atom stereocenters. The first kappa shape index (κ1) is 11.2. The van der Waals surface area contributed by atoms with Gasteiger partial charge in [0.25, 0.3) is 0 Å². The van der Waals surface area contributed by atoms with Gasteiger partial charge in [-0.15, -0.1) is 0 Å². The van der Waals surface area contributed by atoms with Crippen LogP contribution in [0, 0.1) is 0 Å². The Balaban J connectivity index is 2.95. The first-order valence-corrected chi connectivity index (χ1v) is 8.59. The largest absolute Gasteiger partial charge is 0.294 e. The molecule has 0 fully saturated rings. The van der Waals surface area contributed by atoms with Crippen LogP contribution in [-0.2, 0) is 0 Å². The minimum absolute atomic E-state index is 0.229. The highest BCUT2D eigenvalue weighted by Gasteiger charge is 2.16. The van der Waals surface area contributed by atoms with Gasteiger partial charge >= 0.3 is 0 Å². The third-order valence-corrected chi connectivity index (χ3v) is 4.46. The van der Waals surface area contributed by atoms with Crippen molar-refractivity contribution in [3.05, 3.63) is 29.8 Å². The van der Waals surface area contributed by atoms with Crippen LogP contribution in [0.25, 0.3) is 0 Å². The Morgan fingerprint density at radius 2 is 1.64 bits per heavy atom. The maximum atomic E-state index is 11.4. The van der Waals surface area contributed by atoms with Crippen molar-refractivity contribution in [2.45, 2.75) is 33.0 Å². The lowest BCUT2D eigenvalue weighted by Gasteiger charge is -2.16. The number of hydrogen-bond acceptors (Lipinski definition) is 1. The van der Waals surface area contributed by atoms with Crippen molar-refractivity contribution < 1.29 is 4.79 Å². The van der Waals surface area contributed by atoms with E-state index in [2.05, 4.69) is 31.8 Å². The Bertz CT molecular complexity index is 319. The molecule has 0 aliphatic rings. The number of benzene rings is 1. The summed E-state index contributed by atoms with van der Waals surface area (Å²) in [7, 11) is -1.21. The monoisotopic (exact) mass is 206 g/mol. The third kappa shape index (κ3) is 2.55. The molecular weight excluding hydrogens is 188 g/mol. The van der Waals surface area contributed by atoms with E-state index in [4.69, 9.17) is 0 Å². The van der Waals surface area contributed by atoms with Gasteiger partial charge in [0, 0.05) is 12.0 Å². The smallest absolute Gasteiger partial charge is 0.162 e. The first-order valence-electron chi connectivity index (χ1n) is 5.09. The van der Waals surface area contributed by atoms with Gasteiger partial charge in [-0.05, 0) is 0 Å². The van der Waals surface area contributed by atoms with Crippen LogP contribution in [0.15, 0.2) is 24.3 Å². The molecule has 0 aliphatic carbocycles. The number of hydrogen-bond donors (Lipinski definition) is 0. The zero-order chi connectivity index (χ0) is 10.8. The normalized spacial score (nSPS) is 11.4. The van der Waals surface area contributed by atoms with E-state index in [0.29, 0.717) is 6.42 Å². The molecule has 0 saturated carbocycles. The molecule has 0 aliphatic heterocycles. The second-order valence-electron chi connectivity index (χ2n) is 4.60. The third-order valence-electron chi connectivity index (χ3n) is 2.39. The lowest BCUT2D eigenvalue weighted by atomic mass is 10.1.